The Morgan fingerprint density at radius 3 is 2.57 bits per heavy atom. The summed E-state index contributed by atoms with van der Waals surface area (Å²) >= 11 is 0.984. The second kappa shape index (κ2) is 4.99. The van der Waals surface area contributed by atoms with Crippen molar-refractivity contribution >= 4 is 28.8 Å². The molecule has 1 aromatic rings. The smallest absolute Gasteiger partial charge is 0.289 e. The molecule has 1 aromatic heterocycles. The predicted octanol–water partition coefficient (Wildman–Crippen LogP) is -0.700. The van der Waals surface area contributed by atoms with Gasteiger partial charge in [0.05, 0.1) is 11.8 Å². The standard InChI is InChI=1S/C12H12N4O4S/c1-14-9(17)3-2-8(13-14)11(19)15-4-7(5-15)16-10(18)6-21-12(16)20/h2-3,7H,4-6H2,1H3. The molecule has 2 saturated heterocycles. The van der Waals surface area contributed by atoms with Crippen molar-refractivity contribution in [1.82, 2.24) is 19.6 Å². The molecule has 0 atom stereocenters. The number of likely N-dealkylation sites (tertiary alicyclic amines) is 1. The molecule has 8 nitrogen and oxygen atoms in total. The van der Waals surface area contributed by atoms with Crippen molar-refractivity contribution in [3.8, 4) is 0 Å². The van der Waals surface area contributed by atoms with E-state index in [0.29, 0.717) is 13.1 Å². The third kappa shape index (κ3) is 2.33. The molecule has 0 spiro atoms. The molecule has 0 aromatic carbocycles. The topological polar surface area (TPSA) is 92.6 Å². The average molecular weight is 308 g/mol. The lowest BCUT2D eigenvalue weighted by atomic mass is 10.1. The van der Waals surface area contributed by atoms with Crippen molar-refractivity contribution in [1.29, 1.82) is 0 Å². The van der Waals surface area contributed by atoms with Gasteiger partial charge in [0.2, 0.25) is 5.91 Å². The fourth-order valence-electron chi connectivity index (χ4n) is 2.28. The van der Waals surface area contributed by atoms with E-state index < -0.39 is 0 Å². The monoisotopic (exact) mass is 308 g/mol. The van der Waals surface area contributed by atoms with E-state index in [-0.39, 0.29) is 40.1 Å². The predicted molar refractivity (Wildman–Crippen MR) is 73.9 cm³/mol. The van der Waals surface area contributed by atoms with E-state index in [1.54, 1.807) is 0 Å². The van der Waals surface area contributed by atoms with Gasteiger partial charge in [-0.1, -0.05) is 11.8 Å². The Labute approximate surface area is 123 Å². The van der Waals surface area contributed by atoms with Crippen LogP contribution in [0.1, 0.15) is 10.5 Å². The molecule has 3 amide bonds. The van der Waals surface area contributed by atoms with Gasteiger partial charge in [-0.25, -0.2) is 4.68 Å². The van der Waals surface area contributed by atoms with Crippen molar-refractivity contribution in [2.45, 2.75) is 6.04 Å². The van der Waals surface area contributed by atoms with Crippen LogP contribution >= 0.6 is 11.8 Å². The van der Waals surface area contributed by atoms with Crippen LogP contribution in [0.3, 0.4) is 0 Å². The maximum Gasteiger partial charge on any atom is 0.289 e. The Balaban J connectivity index is 1.67. The van der Waals surface area contributed by atoms with Crippen LogP contribution in [0.2, 0.25) is 0 Å². The van der Waals surface area contributed by atoms with Crippen molar-refractivity contribution in [3.05, 3.63) is 28.2 Å². The van der Waals surface area contributed by atoms with Gasteiger partial charge in [0, 0.05) is 26.2 Å². The van der Waals surface area contributed by atoms with Crippen LogP contribution in [0.25, 0.3) is 0 Å². The third-order valence-electron chi connectivity index (χ3n) is 3.48. The Kier molecular flexibility index (Phi) is 3.28. The summed E-state index contributed by atoms with van der Waals surface area (Å²) in [6, 6.07) is 2.40. The van der Waals surface area contributed by atoms with Crippen molar-refractivity contribution in [3.63, 3.8) is 0 Å². The zero-order chi connectivity index (χ0) is 15.1. The number of aromatic nitrogens is 2. The molecule has 3 rings (SSSR count). The number of carbonyl (C=O) groups is 3. The molecule has 0 radical (unpaired) electrons. The van der Waals surface area contributed by atoms with Gasteiger partial charge in [-0.3, -0.25) is 24.1 Å². The normalized spacial score (nSPS) is 19.1. The lowest BCUT2D eigenvalue weighted by Gasteiger charge is -2.42. The number of hydrogen-bond acceptors (Lipinski definition) is 6. The van der Waals surface area contributed by atoms with E-state index in [0.717, 1.165) is 16.4 Å². The number of carbonyl (C=O) groups excluding carboxylic acids is 3. The Bertz CT molecular complexity index is 679. The fourth-order valence-corrected chi connectivity index (χ4v) is 3.06. The maximum atomic E-state index is 12.2. The number of hydrogen-bond donors (Lipinski definition) is 0. The second-order valence-electron chi connectivity index (χ2n) is 4.86. The first-order valence-electron chi connectivity index (χ1n) is 6.30. The molecule has 0 bridgehead atoms. The van der Waals surface area contributed by atoms with E-state index in [4.69, 9.17) is 0 Å². The second-order valence-corrected chi connectivity index (χ2v) is 5.79. The quantitative estimate of drug-likeness (QED) is 0.717. The zero-order valence-corrected chi connectivity index (χ0v) is 12.0. The molecule has 0 N–H and O–H groups in total. The lowest BCUT2D eigenvalue weighted by Crippen LogP contribution is -2.62. The lowest BCUT2D eigenvalue weighted by molar-refractivity contribution is -0.128. The van der Waals surface area contributed by atoms with Crippen LogP contribution in [-0.4, -0.2) is 61.5 Å². The van der Waals surface area contributed by atoms with Gasteiger partial charge >= 0.3 is 0 Å². The number of nitrogens with zero attached hydrogens (tertiary/aromatic N) is 4. The summed E-state index contributed by atoms with van der Waals surface area (Å²) in [5.74, 6) is -0.345. The molecule has 0 aliphatic carbocycles. The highest BCUT2D eigenvalue weighted by molar-refractivity contribution is 8.14. The maximum absolute atomic E-state index is 12.2. The molecular formula is C12H12N4O4S. The minimum absolute atomic E-state index is 0.170. The number of rotatable bonds is 2. The summed E-state index contributed by atoms with van der Waals surface area (Å²) < 4.78 is 1.09. The van der Waals surface area contributed by atoms with E-state index >= 15 is 0 Å². The number of thioether (sulfide) groups is 1. The highest BCUT2D eigenvalue weighted by atomic mass is 32.2. The number of amides is 3. The molecule has 3 heterocycles. The molecule has 9 heteroatoms. The first-order valence-corrected chi connectivity index (χ1v) is 7.28. The summed E-state index contributed by atoms with van der Waals surface area (Å²) in [6.07, 6.45) is 0. The molecule has 0 unspecified atom stereocenters. The van der Waals surface area contributed by atoms with Gasteiger partial charge in [-0.2, -0.15) is 5.10 Å². The summed E-state index contributed by atoms with van der Waals surface area (Å²) in [4.78, 5) is 49.3. The average Bonchev–Trinajstić information content (AvgIpc) is 2.72. The molecule has 2 aliphatic rings. The van der Waals surface area contributed by atoms with Crippen molar-refractivity contribution < 1.29 is 14.4 Å². The molecule has 2 fully saturated rings. The minimum Gasteiger partial charge on any atom is -0.333 e. The van der Waals surface area contributed by atoms with E-state index in [2.05, 4.69) is 5.10 Å². The fraction of sp³-hybridized carbons (Fsp3) is 0.417. The van der Waals surface area contributed by atoms with Crippen molar-refractivity contribution in [2.24, 2.45) is 7.05 Å². The summed E-state index contributed by atoms with van der Waals surface area (Å²) in [5.41, 5.74) is -0.123. The molecule has 2 aliphatic heterocycles. The van der Waals surface area contributed by atoms with Crippen LogP contribution in [-0.2, 0) is 11.8 Å². The van der Waals surface area contributed by atoms with Crippen LogP contribution in [0.5, 0.6) is 0 Å². The minimum atomic E-state index is -0.311. The Morgan fingerprint density at radius 1 is 1.29 bits per heavy atom. The third-order valence-corrected chi connectivity index (χ3v) is 4.31. The van der Waals surface area contributed by atoms with Gasteiger partial charge in [0.1, 0.15) is 5.69 Å². The van der Waals surface area contributed by atoms with Crippen molar-refractivity contribution in [2.75, 3.05) is 18.8 Å². The zero-order valence-electron chi connectivity index (χ0n) is 11.2. The molecule has 21 heavy (non-hydrogen) atoms. The molecule has 110 valence electrons. The summed E-state index contributed by atoms with van der Waals surface area (Å²) in [6.45, 7) is 0.614. The Morgan fingerprint density at radius 2 is 2.00 bits per heavy atom. The van der Waals surface area contributed by atoms with Gasteiger partial charge in [0.25, 0.3) is 16.7 Å². The van der Waals surface area contributed by atoms with E-state index in [9.17, 15) is 19.2 Å². The van der Waals surface area contributed by atoms with Crippen LogP contribution in [0, 0.1) is 0 Å². The van der Waals surface area contributed by atoms with E-state index in [1.165, 1.54) is 29.0 Å². The first-order chi connectivity index (χ1) is 9.97. The van der Waals surface area contributed by atoms with Gasteiger partial charge in [0.15, 0.2) is 0 Å². The molecule has 0 saturated carbocycles. The van der Waals surface area contributed by atoms with Gasteiger partial charge in [-0.05, 0) is 6.07 Å². The van der Waals surface area contributed by atoms with Gasteiger partial charge < -0.3 is 4.90 Å². The number of imide groups is 1. The number of aryl methyl sites for hydroxylation is 1. The van der Waals surface area contributed by atoms with Crippen LogP contribution in [0.4, 0.5) is 4.79 Å². The first kappa shape index (κ1) is 13.8. The summed E-state index contributed by atoms with van der Waals surface area (Å²) in [5, 5.41) is 3.64. The summed E-state index contributed by atoms with van der Waals surface area (Å²) in [7, 11) is 1.47. The highest BCUT2D eigenvalue weighted by Gasteiger charge is 2.43. The highest BCUT2D eigenvalue weighted by Crippen LogP contribution is 2.26. The van der Waals surface area contributed by atoms with Crippen LogP contribution < -0.4 is 5.56 Å². The Hall–Kier alpha value is -2.16. The van der Waals surface area contributed by atoms with Crippen LogP contribution in [0.15, 0.2) is 16.9 Å². The molecular weight excluding hydrogens is 296 g/mol. The van der Waals surface area contributed by atoms with Gasteiger partial charge in [-0.15, -0.1) is 0 Å². The SMILES string of the molecule is Cn1nc(C(=O)N2CC(N3C(=O)CSC3=O)C2)ccc1=O. The van der Waals surface area contributed by atoms with E-state index in [1.807, 2.05) is 0 Å². The largest absolute Gasteiger partial charge is 0.333 e.